The van der Waals surface area contributed by atoms with E-state index in [0.29, 0.717) is 6.04 Å². The fourth-order valence-corrected chi connectivity index (χ4v) is 3.27. The molecule has 4 heteroatoms. The van der Waals surface area contributed by atoms with Gasteiger partial charge < -0.3 is 11.1 Å². The molecule has 0 bridgehead atoms. The van der Waals surface area contributed by atoms with Crippen LogP contribution in [0.4, 0.5) is 5.69 Å². The van der Waals surface area contributed by atoms with Crippen LogP contribution in [0.25, 0.3) is 0 Å². The summed E-state index contributed by atoms with van der Waals surface area (Å²) in [7, 11) is 0. The highest BCUT2D eigenvalue weighted by Gasteiger charge is 2.21. The number of nitrogen functional groups attached to an aromatic ring is 1. The summed E-state index contributed by atoms with van der Waals surface area (Å²) >= 11 is 1.72. The zero-order valence-electron chi connectivity index (χ0n) is 10.4. The van der Waals surface area contributed by atoms with Crippen molar-refractivity contribution in [3.05, 3.63) is 45.4 Å². The SMILES string of the molecule is Cc1csc(CNC2CCc3cc(N)ccc32)n1. The van der Waals surface area contributed by atoms with E-state index in [4.69, 9.17) is 5.73 Å². The zero-order valence-corrected chi connectivity index (χ0v) is 11.3. The second kappa shape index (κ2) is 4.71. The van der Waals surface area contributed by atoms with Gasteiger partial charge >= 0.3 is 0 Å². The monoisotopic (exact) mass is 259 g/mol. The number of benzene rings is 1. The summed E-state index contributed by atoms with van der Waals surface area (Å²) in [5.41, 5.74) is 10.6. The molecular weight excluding hydrogens is 242 g/mol. The molecule has 1 aliphatic carbocycles. The number of anilines is 1. The van der Waals surface area contributed by atoms with E-state index in [0.717, 1.165) is 35.8 Å². The molecule has 1 aliphatic rings. The molecule has 1 heterocycles. The van der Waals surface area contributed by atoms with E-state index >= 15 is 0 Å². The topological polar surface area (TPSA) is 50.9 Å². The smallest absolute Gasteiger partial charge is 0.107 e. The van der Waals surface area contributed by atoms with Crippen LogP contribution in [0.3, 0.4) is 0 Å². The third-order valence-electron chi connectivity index (χ3n) is 3.41. The Hall–Kier alpha value is -1.39. The number of aromatic nitrogens is 1. The van der Waals surface area contributed by atoms with Crippen molar-refractivity contribution in [2.75, 3.05) is 5.73 Å². The first-order valence-corrected chi connectivity index (χ1v) is 7.13. The molecule has 0 aliphatic heterocycles. The van der Waals surface area contributed by atoms with Crippen LogP contribution in [-0.2, 0) is 13.0 Å². The maximum atomic E-state index is 5.82. The zero-order chi connectivity index (χ0) is 12.5. The van der Waals surface area contributed by atoms with Crippen molar-refractivity contribution in [2.24, 2.45) is 0 Å². The van der Waals surface area contributed by atoms with Gasteiger partial charge in [-0.2, -0.15) is 0 Å². The van der Waals surface area contributed by atoms with Gasteiger partial charge in [-0.1, -0.05) is 6.07 Å². The van der Waals surface area contributed by atoms with E-state index in [1.165, 1.54) is 11.1 Å². The van der Waals surface area contributed by atoms with Crippen LogP contribution >= 0.6 is 11.3 Å². The Balaban J connectivity index is 1.69. The summed E-state index contributed by atoms with van der Waals surface area (Å²) < 4.78 is 0. The summed E-state index contributed by atoms with van der Waals surface area (Å²) in [6.07, 6.45) is 2.28. The lowest BCUT2D eigenvalue weighted by Gasteiger charge is -2.13. The van der Waals surface area contributed by atoms with Gasteiger partial charge in [-0.3, -0.25) is 0 Å². The van der Waals surface area contributed by atoms with Crippen molar-refractivity contribution >= 4 is 17.0 Å². The number of fused-ring (bicyclic) bond motifs is 1. The highest BCUT2D eigenvalue weighted by atomic mass is 32.1. The van der Waals surface area contributed by atoms with Crippen molar-refractivity contribution in [3.8, 4) is 0 Å². The van der Waals surface area contributed by atoms with Gasteiger partial charge in [0.15, 0.2) is 0 Å². The number of hydrogen-bond acceptors (Lipinski definition) is 4. The first kappa shape index (κ1) is 11.7. The lowest BCUT2D eigenvalue weighted by atomic mass is 10.1. The van der Waals surface area contributed by atoms with Crippen LogP contribution in [0.15, 0.2) is 23.6 Å². The van der Waals surface area contributed by atoms with Gasteiger partial charge in [-0.25, -0.2) is 4.98 Å². The van der Waals surface area contributed by atoms with Crippen molar-refractivity contribution in [1.82, 2.24) is 10.3 Å². The Labute approximate surface area is 111 Å². The Kier molecular flexibility index (Phi) is 3.06. The average Bonchev–Trinajstić information content (AvgIpc) is 2.92. The van der Waals surface area contributed by atoms with Crippen LogP contribution in [0.1, 0.15) is 34.3 Å². The van der Waals surface area contributed by atoms with Crippen molar-refractivity contribution < 1.29 is 0 Å². The molecule has 0 radical (unpaired) electrons. The van der Waals surface area contributed by atoms with Gasteiger partial charge in [0.1, 0.15) is 5.01 Å². The van der Waals surface area contributed by atoms with E-state index in [9.17, 15) is 0 Å². The number of nitrogens with zero attached hydrogens (tertiary/aromatic N) is 1. The molecule has 0 fully saturated rings. The fourth-order valence-electron chi connectivity index (χ4n) is 2.54. The van der Waals surface area contributed by atoms with Gasteiger partial charge in [0, 0.05) is 29.3 Å². The minimum Gasteiger partial charge on any atom is -0.399 e. The molecule has 2 aromatic rings. The van der Waals surface area contributed by atoms with E-state index in [1.807, 2.05) is 13.0 Å². The van der Waals surface area contributed by atoms with Crippen LogP contribution < -0.4 is 11.1 Å². The van der Waals surface area contributed by atoms with Gasteiger partial charge in [-0.05, 0) is 43.0 Å². The molecule has 1 unspecified atom stereocenters. The summed E-state index contributed by atoms with van der Waals surface area (Å²) in [4.78, 5) is 4.48. The molecule has 3 nitrogen and oxygen atoms in total. The predicted octanol–water partition coefficient (Wildman–Crippen LogP) is 2.81. The van der Waals surface area contributed by atoms with Crippen LogP contribution in [0.2, 0.25) is 0 Å². The van der Waals surface area contributed by atoms with E-state index in [2.05, 4.69) is 27.8 Å². The Bertz CT molecular complexity index is 562. The number of nitrogens with two attached hydrogens (primary N) is 1. The molecule has 1 aromatic heterocycles. The van der Waals surface area contributed by atoms with Crippen LogP contribution in [0, 0.1) is 6.92 Å². The van der Waals surface area contributed by atoms with E-state index in [1.54, 1.807) is 11.3 Å². The van der Waals surface area contributed by atoms with Crippen molar-refractivity contribution in [3.63, 3.8) is 0 Å². The van der Waals surface area contributed by atoms with Crippen molar-refractivity contribution in [2.45, 2.75) is 32.4 Å². The van der Waals surface area contributed by atoms with Gasteiger partial charge in [0.25, 0.3) is 0 Å². The predicted molar refractivity (Wildman–Crippen MR) is 75.6 cm³/mol. The third kappa shape index (κ3) is 2.26. The van der Waals surface area contributed by atoms with E-state index < -0.39 is 0 Å². The number of thiazole rings is 1. The Morgan fingerprint density at radius 1 is 1.50 bits per heavy atom. The number of nitrogens with one attached hydrogen (secondary N) is 1. The molecule has 18 heavy (non-hydrogen) atoms. The van der Waals surface area contributed by atoms with Crippen LogP contribution in [0.5, 0.6) is 0 Å². The molecule has 0 amide bonds. The quantitative estimate of drug-likeness (QED) is 0.833. The lowest BCUT2D eigenvalue weighted by molar-refractivity contribution is 0.529. The summed E-state index contributed by atoms with van der Waals surface area (Å²) in [5.74, 6) is 0. The summed E-state index contributed by atoms with van der Waals surface area (Å²) in [6.45, 7) is 2.89. The van der Waals surface area contributed by atoms with E-state index in [-0.39, 0.29) is 0 Å². The number of aryl methyl sites for hydroxylation is 2. The molecule has 1 atom stereocenters. The molecule has 0 saturated carbocycles. The van der Waals surface area contributed by atoms with Crippen LogP contribution in [-0.4, -0.2) is 4.98 Å². The summed E-state index contributed by atoms with van der Waals surface area (Å²) in [6, 6.07) is 6.70. The maximum absolute atomic E-state index is 5.82. The average molecular weight is 259 g/mol. The molecule has 3 N–H and O–H groups in total. The highest BCUT2D eigenvalue weighted by Crippen LogP contribution is 2.32. The summed E-state index contributed by atoms with van der Waals surface area (Å²) in [5, 5.41) is 6.85. The minimum atomic E-state index is 0.449. The maximum Gasteiger partial charge on any atom is 0.107 e. The van der Waals surface area contributed by atoms with Crippen molar-refractivity contribution in [1.29, 1.82) is 0 Å². The fraction of sp³-hybridized carbons (Fsp3) is 0.357. The second-order valence-electron chi connectivity index (χ2n) is 4.81. The molecule has 0 saturated heterocycles. The largest absolute Gasteiger partial charge is 0.399 e. The second-order valence-corrected chi connectivity index (χ2v) is 5.76. The van der Waals surface area contributed by atoms with Gasteiger partial charge in [0.2, 0.25) is 0 Å². The first-order valence-electron chi connectivity index (χ1n) is 6.25. The minimum absolute atomic E-state index is 0.449. The molecule has 0 spiro atoms. The Morgan fingerprint density at radius 3 is 3.17 bits per heavy atom. The standard InChI is InChI=1S/C14H17N3S/c1-9-8-18-14(17-9)7-16-13-5-2-10-6-11(15)3-4-12(10)13/h3-4,6,8,13,16H,2,5,7,15H2,1H3. The van der Waals surface area contributed by atoms with Gasteiger partial charge in [-0.15, -0.1) is 11.3 Å². The molecule has 94 valence electrons. The molecule has 3 rings (SSSR count). The normalized spacial score (nSPS) is 17.9. The third-order valence-corrected chi connectivity index (χ3v) is 4.38. The van der Waals surface area contributed by atoms with Gasteiger partial charge in [0.05, 0.1) is 0 Å². The lowest BCUT2D eigenvalue weighted by Crippen LogP contribution is -2.18. The number of hydrogen-bond donors (Lipinski definition) is 2. The highest BCUT2D eigenvalue weighted by molar-refractivity contribution is 7.09. The number of rotatable bonds is 3. The first-order chi connectivity index (χ1) is 8.72. The molecular formula is C14H17N3S. The Morgan fingerprint density at radius 2 is 2.39 bits per heavy atom. The molecule has 1 aromatic carbocycles.